The number of rotatable bonds is 4. The SMILES string of the molecule is CCc1nc2ccc(C(=O)O)cc2n1Cc1ccccn1. The molecule has 1 N–H and O–H groups in total. The number of aryl methyl sites for hydroxylation is 1. The summed E-state index contributed by atoms with van der Waals surface area (Å²) in [6.07, 6.45) is 2.53. The van der Waals surface area contributed by atoms with E-state index in [0.29, 0.717) is 6.54 Å². The van der Waals surface area contributed by atoms with Crippen molar-refractivity contribution in [2.24, 2.45) is 0 Å². The van der Waals surface area contributed by atoms with E-state index in [9.17, 15) is 4.79 Å². The van der Waals surface area contributed by atoms with Crippen molar-refractivity contribution in [2.75, 3.05) is 0 Å². The Morgan fingerprint density at radius 1 is 1.29 bits per heavy atom. The van der Waals surface area contributed by atoms with Crippen LogP contribution in [0.4, 0.5) is 0 Å². The number of carboxylic acid groups (broad SMARTS) is 1. The summed E-state index contributed by atoms with van der Waals surface area (Å²) in [6, 6.07) is 10.8. The maximum atomic E-state index is 11.1. The average molecular weight is 281 g/mol. The molecule has 21 heavy (non-hydrogen) atoms. The molecule has 2 aromatic heterocycles. The quantitative estimate of drug-likeness (QED) is 0.798. The highest BCUT2D eigenvalue weighted by molar-refractivity contribution is 5.92. The van der Waals surface area contributed by atoms with Gasteiger partial charge in [0.2, 0.25) is 0 Å². The van der Waals surface area contributed by atoms with Gasteiger partial charge in [-0.1, -0.05) is 13.0 Å². The van der Waals surface area contributed by atoms with E-state index in [0.717, 1.165) is 29.0 Å². The zero-order valence-electron chi connectivity index (χ0n) is 11.7. The van der Waals surface area contributed by atoms with E-state index in [1.165, 1.54) is 0 Å². The number of aromatic carboxylic acids is 1. The zero-order chi connectivity index (χ0) is 14.8. The van der Waals surface area contributed by atoms with Gasteiger partial charge in [0.1, 0.15) is 5.82 Å². The number of hydrogen-bond donors (Lipinski definition) is 1. The molecule has 2 heterocycles. The Hall–Kier alpha value is -2.69. The first-order valence-electron chi connectivity index (χ1n) is 6.81. The minimum atomic E-state index is -0.930. The van der Waals surface area contributed by atoms with Crippen LogP contribution in [0.15, 0.2) is 42.6 Å². The van der Waals surface area contributed by atoms with E-state index in [1.54, 1.807) is 24.4 Å². The highest BCUT2D eigenvalue weighted by atomic mass is 16.4. The number of imidazole rings is 1. The summed E-state index contributed by atoms with van der Waals surface area (Å²) in [4.78, 5) is 20.0. The van der Waals surface area contributed by atoms with E-state index >= 15 is 0 Å². The highest BCUT2D eigenvalue weighted by Gasteiger charge is 2.12. The summed E-state index contributed by atoms with van der Waals surface area (Å²) in [5, 5.41) is 9.15. The van der Waals surface area contributed by atoms with Gasteiger partial charge >= 0.3 is 5.97 Å². The van der Waals surface area contributed by atoms with E-state index < -0.39 is 5.97 Å². The third-order valence-corrected chi connectivity index (χ3v) is 3.44. The number of hydrogen-bond acceptors (Lipinski definition) is 3. The van der Waals surface area contributed by atoms with Crippen molar-refractivity contribution >= 4 is 17.0 Å². The molecule has 5 heteroatoms. The molecular formula is C16H15N3O2. The van der Waals surface area contributed by atoms with Crippen molar-refractivity contribution in [3.63, 3.8) is 0 Å². The van der Waals surface area contributed by atoms with Crippen LogP contribution in [0.3, 0.4) is 0 Å². The minimum Gasteiger partial charge on any atom is -0.478 e. The molecule has 0 unspecified atom stereocenters. The molecule has 0 radical (unpaired) electrons. The standard InChI is InChI=1S/C16H15N3O2/c1-2-15-18-13-7-6-11(16(20)21)9-14(13)19(15)10-12-5-3-4-8-17-12/h3-9H,2,10H2,1H3,(H,20,21). The lowest BCUT2D eigenvalue weighted by atomic mass is 10.2. The second kappa shape index (κ2) is 5.36. The van der Waals surface area contributed by atoms with Crippen LogP contribution in [0.25, 0.3) is 11.0 Å². The summed E-state index contributed by atoms with van der Waals surface area (Å²) in [5.41, 5.74) is 2.84. The molecule has 106 valence electrons. The molecule has 3 rings (SSSR count). The lowest BCUT2D eigenvalue weighted by molar-refractivity contribution is 0.0697. The van der Waals surface area contributed by atoms with Crippen molar-refractivity contribution in [1.82, 2.24) is 14.5 Å². The second-order valence-electron chi connectivity index (χ2n) is 4.80. The van der Waals surface area contributed by atoms with Crippen molar-refractivity contribution < 1.29 is 9.90 Å². The number of benzene rings is 1. The summed E-state index contributed by atoms with van der Waals surface area (Å²) < 4.78 is 2.03. The first kappa shape index (κ1) is 13.3. The normalized spacial score (nSPS) is 10.9. The summed E-state index contributed by atoms with van der Waals surface area (Å²) in [5.74, 6) is -0.00118. The van der Waals surface area contributed by atoms with Crippen LogP contribution >= 0.6 is 0 Å². The maximum absolute atomic E-state index is 11.1. The summed E-state index contributed by atoms with van der Waals surface area (Å²) in [7, 11) is 0. The average Bonchev–Trinajstić information content (AvgIpc) is 2.85. The predicted molar refractivity (Wildman–Crippen MR) is 79.4 cm³/mol. The van der Waals surface area contributed by atoms with Crippen LogP contribution in [0.5, 0.6) is 0 Å². The Bertz CT molecular complexity index is 794. The first-order chi connectivity index (χ1) is 10.2. The zero-order valence-corrected chi connectivity index (χ0v) is 11.7. The van der Waals surface area contributed by atoms with E-state index in [1.807, 2.05) is 29.7 Å². The first-order valence-corrected chi connectivity index (χ1v) is 6.81. The van der Waals surface area contributed by atoms with Crippen LogP contribution in [0.1, 0.15) is 28.8 Å². The molecule has 0 spiro atoms. The molecule has 5 nitrogen and oxygen atoms in total. The highest BCUT2D eigenvalue weighted by Crippen LogP contribution is 2.20. The fourth-order valence-electron chi connectivity index (χ4n) is 2.41. The van der Waals surface area contributed by atoms with Crippen molar-refractivity contribution in [3.05, 3.63) is 59.7 Å². The predicted octanol–water partition coefficient (Wildman–Crippen LogP) is 2.74. The lowest BCUT2D eigenvalue weighted by Crippen LogP contribution is -2.06. The van der Waals surface area contributed by atoms with Gasteiger partial charge in [-0.05, 0) is 30.3 Å². The molecule has 0 atom stereocenters. The van der Waals surface area contributed by atoms with E-state index in [-0.39, 0.29) is 5.56 Å². The fourth-order valence-corrected chi connectivity index (χ4v) is 2.41. The number of pyridine rings is 1. The van der Waals surface area contributed by atoms with Gasteiger partial charge in [-0.3, -0.25) is 4.98 Å². The molecule has 0 fully saturated rings. The van der Waals surface area contributed by atoms with Crippen LogP contribution in [-0.4, -0.2) is 25.6 Å². The van der Waals surface area contributed by atoms with Gasteiger partial charge in [-0.2, -0.15) is 0 Å². The van der Waals surface area contributed by atoms with Crippen LogP contribution in [0, 0.1) is 0 Å². The summed E-state index contributed by atoms with van der Waals surface area (Å²) >= 11 is 0. The van der Waals surface area contributed by atoms with Gasteiger partial charge in [0.05, 0.1) is 28.8 Å². The maximum Gasteiger partial charge on any atom is 0.335 e. The minimum absolute atomic E-state index is 0.271. The Balaban J connectivity index is 2.14. The van der Waals surface area contributed by atoms with Crippen molar-refractivity contribution in [2.45, 2.75) is 19.9 Å². The Labute approximate surface area is 121 Å². The van der Waals surface area contributed by atoms with Crippen LogP contribution in [-0.2, 0) is 13.0 Å². The number of aromatic nitrogens is 3. The number of fused-ring (bicyclic) bond motifs is 1. The molecular weight excluding hydrogens is 266 g/mol. The number of carbonyl (C=O) groups is 1. The smallest absolute Gasteiger partial charge is 0.335 e. The molecule has 0 aliphatic carbocycles. The third kappa shape index (κ3) is 2.50. The fraction of sp³-hybridized carbons (Fsp3) is 0.188. The molecule has 3 aromatic rings. The molecule has 0 saturated carbocycles. The third-order valence-electron chi connectivity index (χ3n) is 3.44. The van der Waals surface area contributed by atoms with E-state index in [4.69, 9.17) is 5.11 Å². The van der Waals surface area contributed by atoms with E-state index in [2.05, 4.69) is 9.97 Å². The lowest BCUT2D eigenvalue weighted by Gasteiger charge is -2.07. The number of nitrogens with zero attached hydrogens (tertiary/aromatic N) is 3. The van der Waals surface area contributed by atoms with Gasteiger partial charge in [0, 0.05) is 12.6 Å². The van der Waals surface area contributed by atoms with Gasteiger partial charge in [0.25, 0.3) is 0 Å². The Morgan fingerprint density at radius 2 is 2.14 bits per heavy atom. The van der Waals surface area contributed by atoms with Crippen molar-refractivity contribution in [1.29, 1.82) is 0 Å². The largest absolute Gasteiger partial charge is 0.478 e. The summed E-state index contributed by atoms with van der Waals surface area (Å²) in [6.45, 7) is 2.62. The van der Waals surface area contributed by atoms with Crippen LogP contribution < -0.4 is 0 Å². The van der Waals surface area contributed by atoms with Gasteiger partial charge in [0.15, 0.2) is 0 Å². The number of carboxylic acids is 1. The molecule has 0 saturated heterocycles. The molecule has 0 amide bonds. The van der Waals surface area contributed by atoms with Gasteiger partial charge in [-0.25, -0.2) is 9.78 Å². The second-order valence-corrected chi connectivity index (χ2v) is 4.80. The molecule has 1 aromatic carbocycles. The monoisotopic (exact) mass is 281 g/mol. The molecule has 0 bridgehead atoms. The van der Waals surface area contributed by atoms with Gasteiger partial charge < -0.3 is 9.67 Å². The molecule has 0 aliphatic heterocycles. The van der Waals surface area contributed by atoms with Crippen molar-refractivity contribution in [3.8, 4) is 0 Å². The van der Waals surface area contributed by atoms with Crippen LogP contribution in [0.2, 0.25) is 0 Å². The molecule has 0 aliphatic rings. The van der Waals surface area contributed by atoms with Gasteiger partial charge in [-0.15, -0.1) is 0 Å². The topological polar surface area (TPSA) is 68.0 Å². The Kier molecular flexibility index (Phi) is 3.39. The Morgan fingerprint density at radius 3 is 2.81 bits per heavy atom.